The van der Waals surface area contributed by atoms with Gasteiger partial charge in [-0.15, -0.1) is 0 Å². The molecular weight excluding hydrogens is 949 g/mol. The van der Waals surface area contributed by atoms with Gasteiger partial charge in [-0.1, -0.05) is 249 Å². The van der Waals surface area contributed by atoms with Gasteiger partial charge in [0.25, 0.3) is 0 Å². The van der Waals surface area contributed by atoms with Crippen molar-refractivity contribution in [3.63, 3.8) is 0 Å². The molecular formula is C71H112O6. The quantitative estimate of drug-likeness (QED) is 0.0261. The Balaban J connectivity index is 4.39. The van der Waals surface area contributed by atoms with Crippen molar-refractivity contribution in [3.05, 3.63) is 158 Å². The van der Waals surface area contributed by atoms with Gasteiger partial charge in [-0.3, -0.25) is 14.4 Å². The first kappa shape index (κ1) is 72.0. The highest BCUT2D eigenvalue weighted by atomic mass is 16.6. The van der Waals surface area contributed by atoms with Crippen molar-refractivity contribution in [1.82, 2.24) is 0 Å². The second-order valence-corrected chi connectivity index (χ2v) is 19.8. The minimum Gasteiger partial charge on any atom is -0.462 e. The zero-order chi connectivity index (χ0) is 55.7. The summed E-state index contributed by atoms with van der Waals surface area (Å²) in [5.74, 6) is -0.959. The molecule has 0 aliphatic heterocycles. The molecule has 0 bridgehead atoms. The largest absolute Gasteiger partial charge is 0.462 e. The Morgan fingerprint density at radius 1 is 0.273 bits per heavy atom. The first-order chi connectivity index (χ1) is 38.0. The molecule has 0 heterocycles. The van der Waals surface area contributed by atoms with E-state index in [1.165, 1.54) is 32.1 Å². The molecule has 0 radical (unpaired) electrons. The molecule has 0 fully saturated rings. The van der Waals surface area contributed by atoms with Gasteiger partial charge in [-0.25, -0.2) is 0 Å². The molecule has 0 aliphatic rings. The number of allylic oxidation sites excluding steroid dienone is 26. The van der Waals surface area contributed by atoms with E-state index >= 15 is 0 Å². The molecule has 0 aromatic heterocycles. The van der Waals surface area contributed by atoms with Crippen molar-refractivity contribution < 1.29 is 28.6 Å². The summed E-state index contributed by atoms with van der Waals surface area (Å²) in [6.07, 6.45) is 92.4. The maximum Gasteiger partial charge on any atom is 0.306 e. The van der Waals surface area contributed by atoms with Gasteiger partial charge in [0.05, 0.1) is 0 Å². The second-order valence-electron chi connectivity index (χ2n) is 19.8. The molecule has 1 atom stereocenters. The van der Waals surface area contributed by atoms with Crippen molar-refractivity contribution in [2.24, 2.45) is 0 Å². The Bertz CT molecular complexity index is 1740. The van der Waals surface area contributed by atoms with Crippen LogP contribution in [-0.4, -0.2) is 37.2 Å². The SMILES string of the molecule is CC/C=C\C/C=C\C/C=C\C/C=C\C/C=C\C/C=C\C/C=C\CCCCCCCCCC(=O)OCC(COC(=O)CCCCCCC/C=C\C/C=C\CCC)OC(=O)CCCCCC/C=C\C/C=C\C/C=C\C/C=C\CC. The van der Waals surface area contributed by atoms with Crippen LogP contribution in [0.25, 0.3) is 0 Å². The molecule has 0 aromatic rings. The highest BCUT2D eigenvalue weighted by Gasteiger charge is 2.19. The van der Waals surface area contributed by atoms with Crippen LogP contribution in [0.2, 0.25) is 0 Å². The van der Waals surface area contributed by atoms with Crippen LogP contribution >= 0.6 is 0 Å². The van der Waals surface area contributed by atoms with Crippen molar-refractivity contribution in [2.45, 2.75) is 258 Å². The lowest BCUT2D eigenvalue weighted by Gasteiger charge is -2.18. The average Bonchev–Trinajstić information content (AvgIpc) is 3.43. The number of hydrogen-bond acceptors (Lipinski definition) is 6. The summed E-state index contributed by atoms with van der Waals surface area (Å²) >= 11 is 0. The molecule has 1 unspecified atom stereocenters. The molecule has 6 nitrogen and oxygen atoms in total. The normalized spacial score (nSPS) is 13.2. The van der Waals surface area contributed by atoms with Gasteiger partial charge in [-0.05, 0) is 141 Å². The number of carbonyl (C=O) groups is 3. The minimum atomic E-state index is -0.810. The molecule has 6 heteroatoms. The highest BCUT2D eigenvalue weighted by Crippen LogP contribution is 2.14. The van der Waals surface area contributed by atoms with E-state index in [-0.39, 0.29) is 37.5 Å². The second kappa shape index (κ2) is 63.6. The minimum absolute atomic E-state index is 0.105. The highest BCUT2D eigenvalue weighted by molar-refractivity contribution is 5.71. The Morgan fingerprint density at radius 2 is 0.506 bits per heavy atom. The summed E-state index contributed by atoms with van der Waals surface area (Å²) < 4.78 is 16.9. The average molecular weight is 1060 g/mol. The summed E-state index contributed by atoms with van der Waals surface area (Å²) in [5.41, 5.74) is 0. The van der Waals surface area contributed by atoms with Gasteiger partial charge < -0.3 is 14.2 Å². The first-order valence-corrected chi connectivity index (χ1v) is 31.0. The van der Waals surface area contributed by atoms with Crippen LogP contribution < -0.4 is 0 Å². The molecule has 0 N–H and O–H groups in total. The standard InChI is InChI=1S/C71H112O6/c1-4-7-10-13-16-19-22-25-27-29-30-31-32-33-34-35-36-37-38-39-40-42-43-46-49-52-55-58-61-64-70(73)76-67-68(66-75-69(72)63-60-57-54-51-48-45-24-21-18-15-12-9-6-3)77-71(74)65-62-59-56-53-50-47-44-41-28-26-23-20-17-14-11-8-5-2/h7-8,10-12,15-17,19-21,24-28,30-31,33-34,36-37,39-40,44,47,68H,4-6,9,13-14,18,22-23,29,32,35,38,41-43,45-46,48-67H2,1-3H3/b10-7-,11-8-,15-12-,19-16-,20-17-,24-21-,27-25-,28-26-,31-30-,34-33-,37-36-,40-39-,47-44-. The van der Waals surface area contributed by atoms with E-state index in [0.717, 1.165) is 180 Å². The number of carbonyl (C=O) groups excluding carboxylic acids is 3. The lowest BCUT2D eigenvalue weighted by Crippen LogP contribution is -2.30. The van der Waals surface area contributed by atoms with E-state index < -0.39 is 6.10 Å². The molecule has 0 aliphatic carbocycles. The molecule has 0 amide bonds. The molecule has 0 rings (SSSR count). The van der Waals surface area contributed by atoms with Gasteiger partial charge in [0.1, 0.15) is 13.2 Å². The Morgan fingerprint density at radius 3 is 0.792 bits per heavy atom. The lowest BCUT2D eigenvalue weighted by atomic mass is 10.1. The van der Waals surface area contributed by atoms with Gasteiger partial charge in [-0.2, -0.15) is 0 Å². The van der Waals surface area contributed by atoms with E-state index in [9.17, 15) is 14.4 Å². The molecule has 0 saturated carbocycles. The van der Waals surface area contributed by atoms with Crippen LogP contribution in [0.5, 0.6) is 0 Å². The number of hydrogen-bond donors (Lipinski definition) is 0. The van der Waals surface area contributed by atoms with E-state index in [0.29, 0.717) is 12.8 Å². The van der Waals surface area contributed by atoms with Crippen molar-refractivity contribution in [2.75, 3.05) is 13.2 Å². The molecule has 0 aromatic carbocycles. The van der Waals surface area contributed by atoms with Crippen LogP contribution in [0.4, 0.5) is 0 Å². The molecule has 77 heavy (non-hydrogen) atoms. The number of esters is 3. The fourth-order valence-electron chi connectivity index (χ4n) is 7.92. The van der Waals surface area contributed by atoms with Crippen LogP contribution in [-0.2, 0) is 28.6 Å². The van der Waals surface area contributed by atoms with Gasteiger partial charge >= 0.3 is 17.9 Å². The van der Waals surface area contributed by atoms with E-state index in [2.05, 4.69) is 179 Å². The van der Waals surface area contributed by atoms with E-state index in [1.54, 1.807) is 0 Å². The van der Waals surface area contributed by atoms with Gasteiger partial charge in [0.2, 0.25) is 0 Å². The smallest absolute Gasteiger partial charge is 0.306 e. The fourth-order valence-corrected chi connectivity index (χ4v) is 7.92. The van der Waals surface area contributed by atoms with Crippen LogP contribution in [0.1, 0.15) is 252 Å². The topological polar surface area (TPSA) is 78.9 Å². The summed E-state index contributed by atoms with van der Waals surface area (Å²) in [6.45, 7) is 6.30. The van der Waals surface area contributed by atoms with Crippen LogP contribution in [0.3, 0.4) is 0 Å². The molecule has 0 spiro atoms. The fraction of sp³-hybridized carbons (Fsp3) is 0.592. The zero-order valence-corrected chi connectivity index (χ0v) is 49.4. The van der Waals surface area contributed by atoms with Crippen LogP contribution in [0.15, 0.2) is 158 Å². The first-order valence-electron chi connectivity index (χ1n) is 31.0. The summed E-state index contributed by atoms with van der Waals surface area (Å²) in [7, 11) is 0. The van der Waals surface area contributed by atoms with Crippen molar-refractivity contribution in [3.8, 4) is 0 Å². The predicted octanol–water partition coefficient (Wildman–Crippen LogP) is 21.3. The predicted molar refractivity (Wildman–Crippen MR) is 334 cm³/mol. The van der Waals surface area contributed by atoms with Gasteiger partial charge in [0, 0.05) is 19.3 Å². The Labute approximate surface area is 473 Å². The van der Waals surface area contributed by atoms with Crippen molar-refractivity contribution >= 4 is 17.9 Å². The van der Waals surface area contributed by atoms with Crippen molar-refractivity contribution in [1.29, 1.82) is 0 Å². The maximum absolute atomic E-state index is 12.9. The molecule has 0 saturated heterocycles. The Hall–Kier alpha value is -4.97. The van der Waals surface area contributed by atoms with Crippen LogP contribution in [0, 0.1) is 0 Å². The van der Waals surface area contributed by atoms with E-state index in [1.807, 2.05) is 0 Å². The summed E-state index contributed by atoms with van der Waals surface area (Å²) in [4.78, 5) is 38.2. The summed E-state index contributed by atoms with van der Waals surface area (Å²) in [5, 5.41) is 0. The Kier molecular flexibility index (Phi) is 59.5. The summed E-state index contributed by atoms with van der Waals surface area (Å²) in [6, 6.07) is 0. The maximum atomic E-state index is 12.9. The molecule has 432 valence electrons. The monoisotopic (exact) mass is 1060 g/mol. The number of unbranched alkanes of at least 4 members (excludes halogenated alkanes) is 17. The lowest BCUT2D eigenvalue weighted by molar-refractivity contribution is -0.167. The zero-order valence-electron chi connectivity index (χ0n) is 49.4. The number of rotatable bonds is 54. The third-order valence-electron chi connectivity index (χ3n) is 12.5. The van der Waals surface area contributed by atoms with Gasteiger partial charge in [0.15, 0.2) is 6.10 Å². The number of ether oxygens (including phenoxy) is 3. The third-order valence-corrected chi connectivity index (χ3v) is 12.5. The van der Waals surface area contributed by atoms with E-state index in [4.69, 9.17) is 14.2 Å². The third kappa shape index (κ3) is 61.8.